The number of hydrogen-bond acceptors (Lipinski definition) is 2. The zero-order valence-corrected chi connectivity index (χ0v) is 8.18. The molecule has 0 atom stereocenters. The Balaban J connectivity index is 4.01. The topological polar surface area (TPSA) is 41.6 Å². The van der Waals surface area contributed by atoms with Crippen LogP contribution in [-0.2, 0) is 0 Å². The number of hydrogen-bond donors (Lipinski definition) is 1. The fourth-order valence-corrected chi connectivity index (χ4v) is 0.790. The molecule has 11 heavy (non-hydrogen) atoms. The summed E-state index contributed by atoms with van der Waals surface area (Å²) in [6.45, 7) is 6.85. The summed E-state index contributed by atoms with van der Waals surface area (Å²) < 4.78 is 0. The van der Waals surface area contributed by atoms with Gasteiger partial charge in [0.05, 0.1) is 12.1 Å². The molecule has 0 aromatic heterocycles. The lowest BCUT2D eigenvalue weighted by Crippen LogP contribution is -2.30. The van der Waals surface area contributed by atoms with Crippen LogP contribution in [0.1, 0.15) is 20.8 Å². The standard InChI is InChI=1S/C8H19N3/c1-8(2,3)10-7(9)6-11(4)5/h6H2,1-5H3,(H2,9,10). The maximum Gasteiger partial charge on any atom is 0.109 e. The second-order valence-corrected chi connectivity index (χ2v) is 4.01. The number of amidine groups is 1. The van der Waals surface area contributed by atoms with E-state index in [0.29, 0.717) is 5.84 Å². The van der Waals surface area contributed by atoms with Crippen molar-refractivity contribution in [3.63, 3.8) is 0 Å². The van der Waals surface area contributed by atoms with Gasteiger partial charge in [0.25, 0.3) is 0 Å². The van der Waals surface area contributed by atoms with Crippen molar-refractivity contribution in [2.75, 3.05) is 20.6 Å². The summed E-state index contributed by atoms with van der Waals surface area (Å²) in [7, 11) is 3.95. The highest BCUT2D eigenvalue weighted by Gasteiger charge is 2.07. The van der Waals surface area contributed by atoms with Crippen LogP contribution in [0.4, 0.5) is 0 Å². The van der Waals surface area contributed by atoms with Crippen LogP contribution in [0.2, 0.25) is 0 Å². The van der Waals surface area contributed by atoms with Gasteiger partial charge in [0.1, 0.15) is 5.84 Å². The Labute approximate surface area is 69.3 Å². The maximum absolute atomic E-state index is 5.67. The van der Waals surface area contributed by atoms with Crippen LogP contribution in [-0.4, -0.2) is 36.9 Å². The third-order valence-corrected chi connectivity index (χ3v) is 0.957. The van der Waals surface area contributed by atoms with Crippen molar-refractivity contribution in [2.24, 2.45) is 10.7 Å². The third-order valence-electron chi connectivity index (χ3n) is 0.957. The molecule has 0 amide bonds. The van der Waals surface area contributed by atoms with Crippen molar-refractivity contribution in [1.82, 2.24) is 4.90 Å². The van der Waals surface area contributed by atoms with E-state index >= 15 is 0 Å². The summed E-state index contributed by atoms with van der Waals surface area (Å²) in [5.74, 6) is 0.697. The second-order valence-electron chi connectivity index (χ2n) is 4.01. The number of rotatable bonds is 2. The van der Waals surface area contributed by atoms with Gasteiger partial charge in [0.15, 0.2) is 0 Å². The summed E-state index contributed by atoms with van der Waals surface area (Å²) in [5, 5.41) is 0. The Morgan fingerprint density at radius 1 is 1.36 bits per heavy atom. The van der Waals surface area contributed by atoms with E-state index in [1.165, 1.54) is 0 Å². The van der Waals surface area contributed by atoms with Crippen molar-refractivity contribution in [2.45, 2.75) is 26.3 Å². The highest BCUT2D eigenvalue weighted by molar-refractivity contribution is 5.82. The van der Waals surface area contributed by atoms with Gasteiger partial charge in [-0.15, -0.1) is 0 Å². The van der Waals surface area contributed by atoms with Crippen molar-refractivity contribution < 1.29 is 0 Å². The van der Waals surface area contributed by atoms with Gasteiger partial charge in [-0.25, -0.2) is 0 Å². The quantitative estimate of drug-likeness (QED) is 0.473. The lowest BCUT2D eigenvalue weighted by Gasteiger charge is -2.15. The molecule has 0 heterocycles. The van der Waals surface area contributed by atoms with Gasteiger partial charge < -0.3 is 10.6 Å². The molecule has 0 saturated carbocycles. The largest absolute Gasteiger partial charge is 0.386 e. The number of nitrogens with two attached hydrogens (primary N) is 1. The van der Waals surface area contributed by atoms with Gasteiger partial charge >= 0.3 is 0 Å². The van der Waals surface area contributed by atoms with E-state index in [-0.39, 0.29) is 5.54 Å². The molecular formula is C8H19N3. The summed E-state index contributed by atoms with van der Waals surface area (Å²) in [4.78, 5) is 6.31. The Hall–Kier alpha value is -0.570. The fourth-order valence-electron chi connectivity index (χ4n) is 0.790. The van der Waals surface area contributed by atoms with Crippen LogP contribution in [0.5, 0.6) is 0 Å². The molecule has 0 saturated heterocycles. The average Bonchev–Trinajstić information content (AvgIpc) is 1.53. The summed E-state index contributed by atoms with van der Waals surface area (Å²) in [6.07, 6.45) is 0. The molecule has 0 aromatic carbocycles. The lowest BCUT2D eigenvalue weighted by molar-refractivity contribution is 0.463. The molecule has 0 radical (unpaired) electrons. The van der Waals surface area contributed by atoms with Crippen LogP contribution in [0.15, 0.2) is 4.99 Å². The van der Waals surface area contributed by atoms with E-state index in [9.17, 15) is 0 Å². The first-order valence-corrected chi connectivity index (χ1v) is 3.80. The normalized spacial score (nSPS) is 14.2. The summed E-state index contributed by atoms with van der Waals surface area (Å²) in [5.41, 5.74) is 5.61. The number of likely N-dealkylation sites (N-methyl/N-ethyl adjacent to an activating group) is 1. The van der Waals surface area contributed by atoms with Gasteiger partial charge in [0.2, 0.25) is 0 Å². The lowest BCUT2D eigenvalue weighted by atomic mass is 10.1. The highest BCUT2D eigenvalue weighted by Crippen LogP contribution is 2.05. The third kappa shape index (κ3) is 7.33. The molecule has 0 aliphatic heterocycles. The van der Waals surface area contributed by atoms with Crippen LogP contribution < -0.4 is 5.73 Å². The molecule has 0 aliphatic rings. The molecule has 0 aromatic rings. The highest BCUT2D eigenvalue weighted by atomic mass is 15.1. The van der Waals surface area contributed by atoms with E-state index in [1.807, 2.05) is 39.8 Å². The van der Waals surface area contributed by atoms with Gasteiger partial charge in [0, 0.05) is 0 Å². The predicted octanol–water partition coefficient (Wildman–Crippen LogP) is 0.704. The zero-order valence-electron chi connectivity index (χ0n) is 8.18. The van der Waals surface area contributed by atoms with Gasteiger partial charge in [-0.05, 0) is 34.9 Å². The van der Waals surface area contributed by atoms with Crippen molar-refractivity contribution >= 4 is 5.84 Å². The van der Waals surface area contributed by atoms with Crippen LogP contribution >= 0.6 is 0 Å². The minimum Gasteiger partial charge on any atom is -0.386 e. The zero-order chi connectivity index (χ0) is 9.07. The van der Waals surface area contributed by atoms with E-state index in [0.717, 1.165) is 6.54 Å². The summed E-state index contributed by atoms with van der Waals surface area (Å²) in [6, 6.07) is 0. The average molecular weight is 157 g/mol. The smallest absolute Gasteiger partial charge is 0.109 e. The van der Waals surface area contributed by atoms with Crippen molar-refractivity contribution in [3.05, 3.63) is 0 Å². The van der Waals surface area contributed by atoms with Crippen LogP contribution in [0.3, 0.4) is 0 Å². The Bertz CT molecular complexity index is 142. The van der Waals surface area contributed by atoms with Gasteiger partial charge in [-0.2, -0.15) is 0 Å². The molecule has 0 bridgehead atoms. The first-order valence-electron chi connectivity index (χ1n) is 3.80. The summed E-state index contributed by atoms with van der Waals surface area (Å²) >= 11 is 0. The second kappa shape index (κ2) is 3.72. The first kappa shape index (κ1) is 10.4. The molecule has 0 unspecified atom stereocenters. The minimum atomic E-state index is -0.0555. The van der Waals surface area contributed by atoms with E-state index in [4.69, 9.17) is 5.73 Å². The van der Waals surface area contributed by atoms with E-state index in [1.54, 1.807) is 0 Å². The predicted molar refractivity (Wildman–Crippen MR) is 49.9 cm³/mol. The monoisotopic (exact) mass is 157 g/mol. The number of nitrogens with zero attached hydrogens (tertiary/aromatic N) is 2. The molecule has 3 heteroatoms. The molecule has 0 rings (SSSR count). The Kier molecular flexibility index (Phi) is 3.52. The molecule has 2 N–H and O–H groups in total. The van der Waals surface area contributed by atoms with E-state index < -0.39 is 0 Å². The van der Waals surface area contributed by atoms with Gasteiger partial charge in [-0.1, -0.05) is 0 Å². The van der Waals surface area contributed by atoms with Crippen molar-refractivity contribution in [1.29, 1.82) is 0 Å². The molecule has 3 nitrogen and oxygen atoms in total. The molecular weight excluding hydrogens is 138 g/mol. The molecule has 0 fully saturated rings. The van der Waals surface area contributed by atoms with Crippen LogP contribution in [0, 0.1) is 0 Å². The first-order chi connectivity index (χ1) is 4.81. The van der Waals surface area contributed by atoms with Crippen molar-refractivity contribution in [3.8, 4) is 0 Å². The molecule has 0 aliphatic carbocycles. The Morgan fingerprint density at radius 3 is 2.09 bits per heavy atom. The van der Waals surface area contributed by atoms with E-state index in [2.05, 4.69) is 4.99 Å². The fraction of sp³-hybridized carbons (Fsp3) is 0.875. The Morgan fingerprint density at radius 2 is 1.82 bits per heavy atom. The maximum atomic E-state index is 5.67. The molecule has 66 valence electrons. The SMILES string of the molecule is CN(C)CC(N)=NC(C)(C)C. The van der Waals surface area contributed by atoms with Crippen LogP contribution in [0.25, 0.3) is 0 Å². The minimum absolute atomic E-state index is 0.0555. The van der Waals surface area contributed by atoms with Gasteiger partial charge in [-0.3, -0.25) is 4.99 Å². The number of aliphatic imine (C=N–C) groups is 1. The molecule has 0 spiro atoms.